The molecule has 2 amide bonds. The van der Waals surface area contributed by atoms with Gasteiger partial charge in [-0.1, -0.05) is 137 Å². The summed E-state index contributed by atoms with van der Waals surface area (Å²) >= 11 is 0. The smallest absolute Gasteiger partial charge is 0.303 e. The van der Waals surface area contributed by atoms with Gasteiger partial charge in [-0.3, -0.25) is 19.2 Å². The minimum Gasteiger partial charge on any atom is -0.481 e. The maximum atomic E-state index is 12.2. The third-order valence-electron chi connectivity index (χ3n) is 8.95. The summed E-state index contributed by atoms with van der Waals surface area (Å²) in [5, 5.41) is 37.8. The highest BCUT2D eigenvalue weighted by Gasteiger charge is 2.26. The van der Waals surface area contributed by atoms with Crippen LogP contribution in [0.4, 0.5) is 0 Å². The van der Waals surface area contributed by atoms with E-state index in [-0.39, 0.29) is 36.7 Å². The number of piperidine rings is 2. The molecule has 308 valence electrons. The second-order valence-corrected chi connectivity index (χ2v) is 13.1. The molecule has 2 saturated heterocycles. The number of rotatable bonds is 18. The van der Waals surface area contributed by atoms with Gasteiger partial charge in [-0.05, 0) is 56.1 Å². The van der Waals surface area contributed by atoms with Gasteiger partial charge in [0, 0.05) is 45.2 Å². The largest absolute Gasteiger partial charge is 0.481 e. The molecule has 2 heterocycles. The lowest BCUT2D eigenvalue weighted by Crippen LogP contribution is -2.42. The molecule has 0 spiro atoms. The molecular weight excluding hydrogens is 709 g/mol. The van der Waals surface area contributed by atoms with Crippen molar-refractivity contribution in [3.63, 3.8) is 0 Å². The van der Waals surface area contributed by atoms with Crippen LogP contribution in [0.1, 0.15) is 116 Å². The molecule has 2 aliphatic rings. The standard InChI is InChI=1S/2C21H27NO4.2C2H6/c23-19(16-17-8-3-1-4-9-17)14-13-18-10-7-11-20(24)22(18)15-6-2-5-12-21(25)26;23-19(17-9-4-3-5-10-17)15-14-18-11-8-12-20(24)22(18)16-7-2-1-6-13-21(25)26;2*1-2/h1-4,6,8-9,13-14,18-19,23H,5,7,10-12,15-16H2,(H,25,26);2-5,7,9-10,14-15,18-19,23H,1,6,8,11-13,16H2,(H,25,26);2*1-2H3/t2*18-,19?;;/m11../s1. The number of aliphatic hydroxyl groups excluding tert-OH is 2. The zero-order valence-electron chi connectivity index (χ0n) is 33.9. The third-order valence-corrected chi connectivity index (χ3v) is 8.95. The first kappa shape index (κ1) is 49.2. The molecule has 4 atom stereocenters. The van der Waals surface area contributed by atoms with Gasteiger partial charge in [0.25, 0.3) is 0 Å². The SMILES string of the molecule is CC.CC.O=C(O)CCC=CCN1C(=O)CCC[C@@H]1C=CC(O)Cc1ccccc1.O=C(O)CCCC=CCN1C(=O)CCC[C@@H]1C=CC(O)c1ccccc1. The molecule has 10 nitrogen and oxygen atoms in total. The summed E-state index contributed by atoms with van der Waals surface area (Å²) in [6, 6.07) is 19.2. The van der Waals surface area contributed by atoms with E-state index in [1.165, 1.54) is 0 Å². The summed E-state index contributed by atoms with van der Waals surface area (Å²) < 4.78 is 0. The van der Waals surface area contributed by atoms with Crippen LogP contribution in [-0.4, -0.2) is 85.3 Å². The molecule has 56 heavy (non-hydrogen) atoms. The fourth-order valence-electron chi connectivity index (χ4n) is 6.13. The zero-order chi connectivity index (χ0) is 41.6. The van der Waals surface area contributed by atoms with Gasteiger partial charge in [-0.2, -0.15) is 0 Å². The Balaban J connectivity index is 0.000000514. The predicted octanol–water partition coefficient (Wildman–Crippen LogP) is 8.47. The fourth-order valence-corrected chi connectivity index (χ4v) is 6.13. The highest BCUT2D eigenvalue weighted by atomic mass is 16.4. The number of aliphatic carboxylic acids is 2. The van der Waals surface area contributed by atoms with E-state index in [0.29, 0.717) is 51.6 Å². The number of hydrogen-bond donors (Lipinski definition) is 4. The van der Waals surface area contributed by atoms with Crippen molar-refractivity contribution >= 4 is 23.8 Å². The first-order chi connectivity index (χ1) is 27.1. The number of benzene rings is 2. The highest BCUT2D eigenvalue weighted by molar-refractivity contribution is 5.78. The number of aliphatic hydroxyl groups is 2. The van der Waals surface area contributed by atoms with E-state index < -0.39 is 24.1 Å². The summed E-state index contributed by atoms with van der Waals surface area (Å²) in [6.07, 6.45) is 20.8. The average molecular weight is 775 g/mol. The van der Waals surface area contributed by atoms with Crippen LogP contribution in [0.15, 0.2) is 109 Å². The quantitative estimate of drug-likeness (QED) is 0.0869. The molecule has 2 aliphatic heterocycles. The summed E-state index contributed by atoms with van der Waals surface area (Å²) in [5.74, 6) is -1.38. The van der Waals surface area contributed by atoms with Gasteiger partial charge in [0.15, 0.2) is 0 Å². The third kappa shape index (κ3) is 20.8. The number of carboxylic acids is 2. The maximum absolute atomic E-state index is 12.2. The van der Waals surface area contributed by atoms with Gasteiger partial charge in [0.05, 0.1) is 24.3 Å². The number of amides is 2. The maximum Gasteiger partial charge on any atom is 0.303 e. The van der Waals surface area contributed by atoms with E-state index in [1.807, 2.05) is 124 Å². The Kier molecular flexibility index (Phi) is 26.7. The van der Waals surface area contributed by atoms with E-state index in [1.54, 1.807) is 23.1 Å². The van der Waals surface area contributed by atoms with Crippen LogP contribution in [-0.2, 0) is 25.6 Å². The first-order valence-corrected chi connectivity index (χ1v) is 20.3. The topological polar surface area (TPSA) is 156 Å². The molecule has 0 radical (unpaired) electrons. The normalized spacial score (nSPS) is 18.2. The van der Waals surface area contributed by atoms with E-state index >= 15 is 0 Å². The van der Waals surface area contributed by atoms with Crippen LogP contribution in [0.2, 0.25) is 0 Å². The molecule has 0 saturated carbocycles. The minimum atomic E-state index is -0.822. The number of carbonyl (C=O) groups is 4. The Labute approximate surface area is 334 Å². The number of unbranched alkanes of at least 4 members (excludes halogenated alkanes) is 1. The molecule has 2 unspecified atom stereocenters. The Hall–Kier alpha value is -4.80. The number of nitrogens with zero attached hydrogens (tertiary/aromatic N) is 2. The van der Waals surface area contributed by atoms with Crippen molar-refractivity contribution in [3.05, 3.63) is 120 Å². The van der Waals surface area contributed by atoms with Crippen molar-refractivity contribution in [3.8, 4) is 0 Å². The van der Waals surface area contributed by atoms with Crippen LogP contribution >= 0.6 is 0 Å². The minimum absolute atomic E-state index is 0.0155. The number of hydrogen-bond acceptors (Lipinski definition) is 6. The monoisotopic (exact) mass is 774 g/mol. The second-order valence-electron chi connectivity index (χ2n) is 13.1. The Morgan fingerprint density at radius 3 is 1.68 bits per heavy atom. The van der Waals surface area contributed by atoms with Gasteiger partial charge in [0.2, 0.25) is 11.8 Å². The molecule has 2 aromatic rings. The molecule has 0 aliphatic carbocycles. The van der Waals surface area contributed by atoms with Crippen LogP contribution in [0.25, 0.3) is 0 Å². The summed E-state index contributed by atoms with van der Waals surface area (Å²) in [4.78, 5) is 49.1. The van der Waals surface area contributed by atoms with Crippen molar-refractivity contribution in [1.82, 2.24) is 9.80 Å². The Morgan fingerprint density at radius 2 is 1.16 bits per heavy atom. The average Bonchev–Trinajstić information content (AvgIpc) is 3.21. The summed E-state index contributed by atoms with van der Waals surface area (Å²) in [5.41, 5.74) is 1.90. The molecule has 10 heteroatoms. The molecule has 4 rings (SSSR count). The zero-order valence-corrected chi connectivity index (χ0v) is 33.9. The van der Waals surface area contributed by atoms with E-state index in [4.69, 9.17) is 10.2 Å². The molecule has 2 fully saturated rings. The number of carbonyl (C=O) groups excluding carboxylic acids is 2. The van der Waals surface area contributed by atoms with Crippen LogP contribution in [0.5, 0.6) is 0 Å². The molecule has 0 aromatic heterocycles. The van der Waals surface area contributed by atoms with Gasteiger partial charge >= 0.3 is 11.9 Å². The van der Waals surface area contributed by atoms with Gasteiger partial charge in [-0.25, -0.2) is 0 Å². The van der Waals surface area contributed by atoms with Crippen molar-refractivity contribution in [2.75, 3.05) is 13.1 Å². The highest BCUT2D eigenvalue weighted by Crippen LogP contribution is 2.22. The molecule has 2 aromatic carbocycles. The number of allylic oxidation sites excluding steroid dienone is 2. The van der Waals surface area contributed by atoms with Crippen LogP contribution < -0.4 is 0 Å². The van der Waals surface area contributed by atoms with Crippen LogP contribution in [0.3, 0.4) is 0 Å². The second kappa shape index (κ2) is 30.4. The lowest BCUT2D eigenvalue weighted by atomic mass is 9.99. The van der Waals surface area contributed by atoms with Gasteiger partial charge < -0.3 is 30.2 Å². The summed E-state index contributed by atoms with van der Waals surface area (Å²) in [6.45, 7) is 8.99. The van der Waals surface area contributed by atoms with Crippen molar-refractivity contribution in [2.24, 2.45) is 0 Å². The Morgan fingerprint density at radius 1 is 0.679 bits per heavy atom. The van der Waals surface area contributed by atoms with Crippen molar-refractivity contribution in [2.45, 2.75) is 129 Å². The van der Waals surface area contributed by atoms with Crippen molar-refractivity contribution in [1.29, 1.82) is 0 Å². The van der Waals surface area contributed by atoms with E-state index in [9.17, 15) is 29.4 Å². The Bertz CT molecular complexity index is 1510. The lowest BCUT2D eigenvalue weighted by molar-refractivity contribution is -0.138. The summed E-state index contributed by atoms with van der Waals surface area (Å²) in [7, 11) is 0. The van der Waals surface area contributed by atoms with Gasteiger partial charge in [-0.15, -0.1) is 0 Å². The predicted molar refractivity (Wildman–Crippen MR) is 224 cm³/mol. The molecular formula is C46H66N2O8. The molecule has 0 bridgehead atoms. The van der Waals surface area contributed by atoms with Crippen molar-refractivity contribution < 1.29 is 39.6 Å². The number of likely N-dealkylation sites (tertiary alicyclic amines) is 2. The number of carboxylic acid groups (broad SMARTS) is 2. The van der Waals surface area contributed by atoms with Gasteiger partial charge in [0.1, 0.15) is 0 Å². The molecule has 4 N–H and O–H groups in total. The lowest BCUT2D eigenvalue weighted by Gasteiger charge is -2.33. The fraction of sp³-hybridized carbons (Fsp3) is 0.478. The first-order valence-electron chi connectivity index (χ1n) is 20.3. The van der Waals surface area contributed by atoms with Crippen LogP contribution in [0, 0.1) is 0 Å². The van der Waals surface area contributed by atoms with E-state index in [2.05, 4.69) is 0 Å². The van der Waals surface area contributed by atoms with E-state index in [0.717, 1.165) is 36.8 Å².